The molecule has 0 aromatic heterocycles. The van der Waals surface area contributed by atoms with E-state index in [2.05, 4.69) is 33.7 Å². The highest BCUT2D eigenvalue weighted by Gasteiger charge is 2.31. The predicted octanol–water partition coefficient (Wildman–Crippen LogP) is 4.36. The molecule has 2 rings (SSSR count). The number of nitrogens with zero attached hydrogens (tertiary/aromatic N) is 1. The monoisotopic (exact) mass is 370 g/mol. The highest BCUT2D eigenvalue weighted by atomic mass is 19.4. The molecule has 8 heteroatoms. The molecule has 1 aromatic carbocycles. The topological polar surface area (TPSA) is 57.7 Å². The van der Waals surface area contributed by atoms with Crippen LogP contribution in [0, 0.1) is 0 Å². The third-order valence-electron chi connectivity index (χ3n) is 3.87. The highest BCUT2D eigenvalue weighted by Crippen LogP contribution is 2.26. The Morgan fingerprint density at radius 3 is 2.62 bits per heavy atom. The Balaban J connectivity index is 2.23. The number of nitrogens with one attached hydrogen (secondary N) is 3. The standard InChI is InChI=1S/C18H25F3N4O/c1-4-8-14-12-17(5-2,22-6-3)25-16(24-14)23-13-9-7-10-15(11-13)26-18(19,20)21/h7,9-12,22H,4-6,8H2,1-3H3,(H2,23,24,25). The van der Waals surface area contributed by atoms with Crippen molar-refractivity contribution in [3.05, 3.63) is 36.0 Å². The lowest BCUT2D eigenvalue weighted by molar-refractivity contribution is -0.274. The van der Waals surface area contributed by atoms with E-state index in [1.165, 1.54) is 18.2 Å². The summed E-state index contributed by atoms with van der Waals surface area (Å²) in [5.41, 5.74) is 0.945. The molecular formula is C18H25F3N4O. The van der Waals surface area contributed by atoms with Gasteiger partial charge in [0.15, 0.2) is 0 Å². The number of anilines is 1. The highest BCUT2D eigenvalue weighted by molar-refractivity contribution is 5.96. The van der Waals surface area contributed by atoms with Gasteiger partial charge in [-0.3, -0.25) is 5.32 Å². The maximum atomic E-state index is 12.4. The fourth-order valence-electron chi connectivity index (χ4n) is 2.81. The lowest BCUT2D eigenvalue weighted by Crippen LogP contribution is -2.48. The van der Waals surface area contributed by atoms with Gasteiger partial charge < -0.3 is 15.4 Å². The molecule has 0 amide bonds. The third kappa shape index (κ3) is 5.66. The van der Waals surface area contributed by atoms with Crippen LogP contribution in [-0.4, -0.2) is 24.5 Å². The van der Waals surface area contributed by atoms with Gasteiger partial charge in [-0.15, -0.1) is 13.2 Å². The first-order valence-electron chi connectivity index (χ1n) is 8.75. The number of halogens is 3. The Hall–Kier alpha value is -2.22. The van der Waals surface area contributed by atoms with E-state index in [9.17, 15) is 13.2 Å². The summed E-state index contributed by atoms with van der Waals surface area (Å²) < 4.78 is 41.2. The number of guanidine groups is 1. The molecule has 1 unspecified atom stereocenters. The van der Waals surface area contributed by atoms with Gasteiger partial charge in [0.25, 0.3) is 0 Å². The van der Waals surface area contributed by atoms with Gasteiger partial charge in [-0.1, -0.05) is 33.3 Å². The van der Waals surface area contributed by atoms with Crippen molar-refractivity contribution < 1.29 is 17.9 Å². The van der Waals surface area contributed by atoms with E-state index in [1.807, 2.05) is 13.8 Å². The molecule has 1 aliphatic heterocycles. The molecule has 0 radical (unpaired) electrons. The van der Waals surface area contributed by atoms with Gasteiger partial charge in [-0.2, -0.15) is 0 Å². The molecule has 3 N–H and O–H groups in total. The first-order valence-corrected chi connectivity index (χ1v) is 8.75. The molecule has 26 heavy (non-hydrogen) atoms. The van der Waals surface area contributed by atoms with Crippen molar-refractivity contribution in [2.24, 2.45) is 4.99 Å². The molecule has 0 spiro atoms. The smallest absolute Gasteiger partial charge is 0.406 e. The molecule has 1 heterocycles. The summed E-state index contributed by atoms with van der Waals surface area (Å²) in [5, 5.41) is 9.65. The van der Waals surface area contributed by atoms with Crippen LogP contribution in [0.3, 0.4) is 0 Å². The van der Waals surface area contributed by atoms with Gasteiger partial charge in [0.2, 0.25) is 5.96 Å². The molecular weight excluding hydrogens is 345 g/mol. The number of allylic oxidation sites excluding steroid dienone is 1. The van der Waals surface area contributed by atoms with E-state index in [4.69, 9.17) is 4.99 Å². The summed E-state index contributed by atoms with van der Waals surface area (Å²) in [6, 6.07) is 5.70. The van der Waals surface area contributed by atoms with Gasteiger partial charge >= 0.3 is 6.36 Å². The number of likely N-dealkylation sites (N-methyl/N-ethyl adjacent to an activating group) is 1. The SMILES string of the molecule is CCCC1=CC(CC)(NCC)N=C(Nc2cccc(OC(F)(F)F)c2)N1. The van der Waals surface area contributed by atoms with Crippen LogP contribution < -0.4 is 20.7 Å². The second-order valence-electron chi connectivity index (χ2n) is 6.01. The predicted molar refractivity (Wildman–Crippen MR) is 97.0 cm³/mol. The molecule has 144 valence electrons. The second kappa shape index (κ2) is 8.44. The number of benzene rings is 1. The number of aliphatic imine (C=N–C) groups is 1. The Labute approximate surface area is 151 Å². The molecule has 1 aliphatic rings. The van der Waals surface area contributed by atoms with Gasteiger partial charge in [-0.25, -0.2) is 4.99 Å². The number of hydrogen-bond donors (Lipinski definition) is 3. The van der Waals surface area contributed by atoms with Crippen LogP contribution in [0.5, 0.6) is 5.75 Å². The minimum absolute atomic E-state index is 0.281. The summed E-state index contributed by atoms with van der Waals surface area (Å²) in [5.74, 6) is 0.208. The van der Waals surface area contributed by atoms with Crippen LogP contribution in [-0.2, 0) is 0 Å². The zero-order chi connectivity index (χ0) is 19.2. The molecule has 0 saturated carbocycles. The van der Waals surface area contributed by atoms with Crippen LogP contribution in [0.25, 0.3) is 0 Å². The van der Waals surface area contributed by atoms with Gasteiger partial charge in [0.1, 0.15) is 11.4 Å². The molecule has 0 fully saturated rings. The minimum atomic E-state index is -4.72. The van der Waals surface area contributed by atoms with Gasteiger partial charge in [0, 0.05) is 17.5 Å². The average Bonchev–Trinajstić information content (AvgIpc) is 2.54. The molecule has 0 aliphatic carbocycles. The van der Waals surface area contributed by atoms with E-state index in [0.717, 1.165) is 31.5 Å². The largest absolute Gasteiger partial charge is 0.573 e. The van der Waals surface area contributed by atoms with E-state index < -0.39 is 12.0 Å². The number of rotatable bonds is 7. The first kappa shape index (κ1) is 20.1. The Morgan fingerprint density at radius 2 is 2.00 bits per heavy atom. The number of ether oxygens (including phenoxy) is 1. The summed E-state index contributed by atoms with van der Waals surface area (Å²) in [4.78, 5) is 4.70. The van der Waals surface area contributed by atoms with Crippen LogP contribution in [0.15, 0.2) is 41.0 Å². The van der Waals surface area contributed by atoms with Crippen molar-refractivity contribution in [3.8, 4) is 5.75 Å². The fraction of sp³-hybridized carbons (Fsp3) is 0.500. The summed E-state index contributed by atoms with van der Waals surface area (Å²) >= 11 is 0. The quantitative estimate of drug-likeness (QED) is 0.668. The zero-order valence-corrected chi connectivity index (χ0v) is 15.2. The fourth-order valence-corrected chi connectivity index (χ4v) is 2.81. The van der Waals surface area contributed by atoms with Crippen molar-refractivity contribution >= 4 is 11.6 Å². The first-order chi connectivity index (χ1) is 12.3. The van der Waals surface area contributed by atoms with Crippen molar-refractivity contribution in [2.75, 3.05) is 11.9 Å². The molecule has 5 nitrogen and oxygen atoms in total. The van der Waals surface area contributed by atoms with Gasteiger partial charge in [0.05, 0.1) is 0 Å². The van der Waals surface area contributed by atoms with Crippen LogP contribution >= 0.6 is 0 Å². The Morgan fingerprint density at radius 1 is 1.23 bits per heavy atom. The molecule has 0 bridgehead atoms. The molecule has 0 saturated heterocycles. The number of alkyl halides is 3. The van der Waals surface area contributed by atoms with Crippen molar-refractivity contribution in [2.45, 2.75) is 52.1 Å². The third-order valence-corrected chi connectivity index (χ3v) is 3.87. The van der Waals surface area contributed by atoms with Crippen LogP contribution in [0.1, 0.15) is 40.0 Å². The lowest BCUT2D eigenvalue weighted by Gasteiger charge is -2.33. The lowest BCUT2D eigenvalue weighted by atomic mass is 10.0. The van der Waals surface area contributed by atoms with Gasteiger partial charge in [-0.05, 0) is 37.6 Å². The molecule has 1 atom stereocenters. The van der Waals surface area contributed by atoms with Crippen molar-refractivity contribution in [1.82, 2.24) is 10.6 Å². The zero-order valence-electron chi connectivity index (χ0n) is 15.2. The minimum Gasteiger partial charge on any atom is -0.406 e. The van der Waals surface area contributed by atoms with Crippen molar-refractivity contribution in [1.29, 1.82) is 0 Å². The van der Waals surface area contributed by atoms with Crippen LogP contribution in [0.2, 0.25) is 0 Å². The molecule has 1 aromatic rings. The van der Waals surface area contributed by atoms with E-state index in [1.54, 1.807) is 6.07 Å². The van der Waals surface area contributed by atoms with Crippen LogP contribution in [0.4, 0.5) is 18.9 Å². The number of hydrogen-bond acceptors (Lipinski definition) is 5. The normalized spacial score (nSPS) is 20.1. The van der Waals surface area contributed by atoms with E-state index in [-0.39, 0.29) is 5.75 Å². The van der Waals surface area contributed by atoms with E-state index >= 15 is 0 Å². The Kier molecular flexibility index (Phi) is 6.52. The average molecular weight is 370 g/mol. The maximum Gasteiger partial charge on any atom is 0.573 e. The second-order valence-corrected chi connectivity index (χ2v) is 6.01. The van der Waals surface area contributed by atoms with Crippen molar-refractivity contribution in [3.63, 3.8) is 0 Å². The summed E-state index contributed by atoms with van der Waals surface area (Å²) in [6.45, 7) is 6.87. The summed E-state index contributed by atoms with van der Waals surface area (Å²) in [7, 11) is 0. The maximum absolute atomic E-state index is 12.4. The summed E-state index contributed by atoms with van der Waals surface area (Å²) in [6.07, 6.45) is -0.0802. The Bertz CT molecular complexity index is 673. The van der Waals surface area contributed by atoms with E-state index in [0.29, 0.717) is 11.6 Å².